The number of H-pyrrole nitrogens is 1. The van der Waals surface area contributed by atoms with Gasteiger partial charge in [0, 0.05) is 18.9 Å². The van der Waals surface area contributed by atoms with Gasteiger partial charge in [-0.25, -0.2) is 4.68 Å². The lowest BCUT2D eigenvalue weighted by Crippen LogP contribution is -2.20. The number of nitrogens with zero attached hydrogens (tertiary/aromatic N) is 2. The van der Waals surface area contributed by atoms with Gasteiger partial charge < -0.3 is 14.6 Å². The quantitative estimate of drug-likeness (QED) is 0.416. The van der Waals surface area contributed by atoms with Gasteiger partial charge in [-0.2, -0.15) is 0 Å². The zero-order valence-electron chi connectivity index (χ0n) is 15.1. The maximum Gasteiger partial charge on any atom is 0.311 e. The number of carbonyl (C=O) groups excluding carboxylic acids is 1. The summed E-state index contributed by atoms with van der Waals surface area (Å²) in [6.45, 7) is 2.13. The van der Waals surface area contributed by atoms with Gasteiger partial charge in [0.25, 0.3) is 5.56 Å². The first-order valence-corrected chi connectivity index (χ1v) is 8.19. The molecule has 0 radical (unpaired) electrons. The number of aromatic nitrogens is 2. The molecule has 1 aromatic carbocycles. The Morgan fingerprint density at radius 2 is 1.96 bits per heavy atom. The molecule has 0 fully saturated rings. The normalized spacial score (nSPS) is 11.5. The maximum absolute atomic E-state index is 12.9. The summed E-state index contributed by atoms with van der Waals surface area (Å²) in [6, 6.07) is 6.95. The third-order valence-corrected chi connectivity index (χ3v) is 3.87. The predicted octanol–water partition coefficient (Wildman–Crippen LogP) is 1.08. The van der Waals surface area contributed by atoms with Crippen LogP contribution < -0.4 is 10.3 Å². The molecule has 0 aliphatic rings. The van der Waals surface area contributed by atoms with Crippen LogP contribution in [-0.2, 0) is 16.0 Å². The number of carbonyl (C=O) groups is 1. The van der Waals surface area contributed by atoms with Gasteiger partial charge in [-0.05, 0) is 37.6 Å². The monoisotopic (exact) mass is 361 g/mol. The lowest BCUT2D eigenvalue weighted by atomic mass is 10.1. The van der Waals surface area contributed by atoms with Crippen LogP contribution in [0, 0.1) is 0 Å². The fourth-order valence-electron chi connectivity index (χ4n) is 2.51. The second-order valence-corrected chi connectivity index (χ2v) is 5.60. The molecule has 0 saturated heterocycles. The van der Waals surface area contributed by atoms with Gasteiger partial charge in [0.2, 0.25) is 0 Å². The fraction of sp³-hybridized carbons (Fsp3) is 0.389. The highest BCUT2D eigenvalue weighted by Crippen LogP contribution is 2.15. The molecule has 0 amide bonds. The molecule has 0 unspecified atom stereocenters. The summed E-state index contributed by atoms with van der Waals surface area (Å²) in [5.74, 6) is 0.211. The van der Waals surface area contributed by atoms with Crippen molar-refractivity contribution >= 4 is 11.7 Å². The highest BCUT2D eigenvalue weighted by atomic mass is 16.5. The van der Waals surface area contributed by atoms with E-state index < -0.39 is 5.97 Å². The lowest BCUT2D eigenvalue weighted by molar-refractivity contribution is -0.139. The van der Waals surface area contributed by atoms with Crippen molar-refractivity contribution in [2.24, 2.45) is 4.99 Å². The molecule has 140 valence electrons. The Balaban J connectivity index is 2.50. The number of hydrogen-bond acceptors (Lipinski definition) is 6. The first-order valence-electron chi connectivity index (χ1n) is 8.19. The van der Waals surface area contributed by atoms with Crippen LogP contribution in [0.1, 0.15) is 24.6 Å². The summed E-state index contributed by atoms with van der Waals surface area (Å²) in [7, 11) is 2.86. The fourth-order valence-corrected chi connectivity index (χ4v) is 2.51. The van der Waals surface area contributed by atoms with Crippen molar-refractivity contribution in [1.29, 1.82) is 0 Å². The summed E-state index contributed by atoms with van der Waals surface area (Å²) in [6.07, 6.45) is 0.428. The number of aliphatic imine (C=N–C) groups is 1. The smallest absolute Gasteiger partial charge is 0.311 e. The van der Waals surface area contributed by atoms with E-state index in [0.717, 1.165) is 0 Å². The van der Waals surface area contributed by atoms with Crippen molar-refractivity contribution in [1.82, 2.24) is 9.78 Å². The van der Waals surface area contributed by atoms with Gasteiger partial charge in [0.05, 0.1) is 37.6 Å². The van der Waals surface area contributed by atoms with Gasteiger partial charge >= 0.3 is 5.97 Å². The molecule has 2 N–H and O–H groups in total. The van der Waals surface area contributed by atoms with Crippen LogP contribution >= 0.6 is 0 Å². The van der Waals surface area contributed by atoms with Crippen molar-refractivity contribution in [3.8, 4) is 11.4 Å². The van der Waals surface area contributed by atoms with Gasteiger partial charge in [-0.3, -0.25) is 19.7 Å². The van der Waals surface area contributed by atoms with Crippen molar-refractivity contribution in [2.75, 3.05) is 27.4 Å². The van der Waals surface area contributed by atoms with Crippen LogP contribution in [0.25, 0.3) is 5.69 Å². The number of hydrogen-bond donors (Lipinski definition) is 2. The summed E-state index contributed by atoms with van der Waals surface area (Å²) >= 11 is 0. The van der Waals surface area contributed by atoms with Crippen LogP contribution in [0.2, 0.25) is 0 Å². The Bertz CT molecular complexity index is 834. The number of ether oxygens (including phenoxy) is 2. The first-order chi connectivity index (χ1) is 12.5. The van der Waals surface area contributed by atoms with Gasteiger partial charge in [0.15, 0.2) is 0 Å². The number of aromatic amines is 1. The molecule has 2 aromatic rings. The van der Waals surface area contributed by atoms with Crippen LogP contribution in [0.15, 0.2) is 34.1 Å². The van der Waals surface area contributed by atoms with E-state index in [-0.39, 0.29) is 18.6 Å². The van der Waals surface area contributed by atoms with E-state index in [1.54, 1.807) is 38.3 Å². The van der Waals surface area contributed by atoms with Crippen molar-refractivity contribution < 1.29 is 19.4 Å². The van der Waals surface area contributed by atoms with Crippen LogP contribution in [0.5, 0.6) is 5.75 Å². The highest BCUT2D eigenvalue weighted by molar-refractivity contribution is 6.00. The molecule has 0 atom stereocenters. The molecule has 0 saturated carbocycles. The van der Waals surface area contributed by atoms with Crippen molar-refractivity contribution in [3.63, 3.8) is 0 Å². The third-order valence-electron chi connectivity index (χ3n) is 3.87. The second kappa shape index (κ2) is 9.00. The van der Waals surface area contributed by atoms with E-state index in [1.807, 2.05) is 0 Å². The molecule has 0 spiro atoms. The number of nitrogens with one attached hydrogen (secondary N) is 1. The first kappa shape index (κ1) is 19.5. The molecule has 2 rings (SSSR count). The molecule has 0 aliphatic carbocycles. The van der Waals surface area contributed by atoms with Gasteiger partial charge in [-0.15, -0.1) is 0 Å². The Labute approximate surface area is 151 Å². The summed E-state index contributed by atoms with van der Waals surface area (Å²) < 4.78 is 11.2. The Kier molecular flexibility index (Phi) is 6.74. The lowest BCUT2D eigenvalue weighted by Gasteiger charge is -2.03. The van der Waals surface area contributed by atoms with Crippen molar-refractivity contribution in [2.45, 2.75) is 19.8 Å². The molecule has 8 heteroatoms. The molecule has 8 nitrogen and oxygen atoms in total. The Hall–Kier alpha value is -2.87. The zero-order valence-corrected chi connectivity index (χ0v) is 15.1. The standard InChI is InChI=1S/C18H23N3O5/c1-12(19-9-4-10-22)17-15(11-16(23)26-3)20-21(18(17)24)13-5-7-14(25-2)8-6-13/h5-8,20,22H,4,9-11H2,1-3H3. The maximum atomic E-state index is 12.9. The topological polar surface area (TPSA) is 106 Å². The second-order valence-electron chi connectivity index (χ2n) is 5.60. The van der Waals surface area contributed by atoms with E-state index in [2.05, 4.69) is 10.1 Å². The number of methoxy groups -OCH3 is 2. The van der Waals surface area contributed by atoms with E-state index in [4.69, 9.17) is 14.6 Å². The molecular formula is C18H23N3O5. The number of rotatable bonds is 8. The molecule has 1 aromatic heterocycles. The Morgan fingerprint density at radius 1 is 1.27 bits per heavy atom. The van der Waals surface area contributed by atoms with Crippen LogP contribution in [0.4, 0.5) is 0 Å². The average molecular weight is 361 g/mol. The van der Waals surface area contributed by atoms with Crippen LogP contribution in [-0.4, -0.2) is 53.9 Å². The number of aliphatic hydroxyl groups excluding tert-OH is 1. The minimum absolute atomic E-state index is 0.0228. The summed E-state index contributed by atoms with van der Waals surface area (Å²) in [4.78, 5) is 28.9. The molecule has 26 heavy (non-hydrogen) atoms. The highest BCUT2D eigenvalue weighted by Gasteiger charge is 2.20. The minimum Gasteiger partial charge on any atom is -0.497 e. The summed E-state index contributed by atoms with van der Waals surface area (Å²) in [5.41, 5.74) is 1.58. The van der Waals surface area contributed by atoms with Crippen LogP contribution in [0.3, 0.4) is 0 Å². The third kappa shape index (κ3) is 4.40. The van der Waals surface area contributed by atoms with Gasteiger partial charge in [-0.1, -0.05) is 0 Å². The molecule has 1 heterocycles. The Morgan fingerprint density at radius 3 is 2.54 bits per heavy atom. The minimum atomic E-state index is -0.461. The number of aliphatic hydroxyl groups is 1. The van der Waals surface area contributed by atoms with E-state index >= 15 is 0 Å². The SMILES string of the molecule is COC(=O)Cc1[nH]n(-c2ccc(OC)cc2)c(=O)c1C(C)=NCCCO. The number of benzene rings is 1. The van der Waals surface area contributed by atoms with Gasteiger partial charge in [0.1, 0.15) is 5.75 Å². The summed E-state index contributed by atoms with van der Waals surface area (Å²) in [5, 5.41) is 11.9. The number of esters is 1. The molecular weight excluding hydrogens is 338 g/mol. The largest absolute Gasteiger partial charge is 0.497 e. The van der Waals surface area contributed by atoms with E-state index in [1.165, 1.54) is 11.8 Å². The average Bonchev–Trinajstić information content (AvgIpc) is 2.97. The zero-order chi connectivity index (χ0) is 19.1. The van der Waals surface area contributed by atoms with E-state index in [9.17, 15) is 9.59 Å². The molecule has 0 aliphatic heterocycles. The van der Waals surface area contributed by atoms with E-state index in [0.29, 0.717) is 41.4 Å². The molecule has 0 bridgehead atoms. The predicted molar refractivity (Wildman–Crippen MR) is 97.4 cm³/mol. The van der Waals surface area contributed by atoms with Crippen molar-refractivity contribution in [3.05, 3.63) is 45.9 Å².